The summed E-state index contributed by atoms with van der Waals surface area (Å²) in [5, 5.41) is 2.56. The highest BCUT2D eigenvalue weighted by atomic mass is 32.2. The highest BCUT2D eigenvalue weighted by Crippen LogP contribution is 2.22. The fourth-order valence-electron chi connectivity index (χ4n) is 3.42. The Morgan fingerprint density at radius 1 is 0.971 bits per heavy atom. The minimum atomic E-state index is -4.08. The van der Waals surface area contributed by atoms with Crippen LogP contribution in [0.25, 0.3) is 0 Å². The number of nitrogens with zero attached hydrogens (tertiary/aromatic N) is 1. The van der Waals surface area contributed by atoms with E-state index in [-0.39, 0.29) is 34.6 Å². The lowest BCUT2D eigenvalue weighted by Gasteiger charge is -2.25. The van der Waals surface area contributed by atoms with Crippen molar-refractivity contribution >= 4 is 27.6 Å². The summed E-state index contributed by atoms with van der Waals surface area (Å²) in [6.07, 6.45) is 0. The smallest absolute Gasteiger partial charge is 0.339 e. The summed E-state index contributed by atoms with van der Waals surface area (Å²) in [4.78, 5) is 25.6. The number of benzene rings is 3. The second kappa shape index (κ2) is 11.1. The number of nitrogens with one attached hydrogen (secondary N) is 1. The van der Waals surface area contributed by atoms with Crippen LogP contribution >= 0.6 is 0 Å². The van der Waals surface area contributed by atoms with Crippen molar-refractivity contribution in [2.75, 3.05) is 11.9 Å². The van der Waals surface area contributed by atoms with Gasteiger partial charge in [-0.05, 0) is 60.0 Å². The third-order valence-corrected chi connectivity index (χ3v) is 6.20. The average Bonchev–Trinajstić information content (AvgIpc) is 2.79. The SMILES string of the molecule is CC(=O)Nc1ccc(S(=O)(=O)Oc2ccc(CN(CC(C)C)C(=O)c3ccccc3F)cc2)cc1. The summed E-state index contributed by atoms with van der Waals surface area (Å²) < 4.78 is 44.6. The minimum Gasteiger partial charge on any atom is -0.379 e. The van der Waals surface area contributed by atoms with Crippen molar-refractivity contribution in [3.05, 3.63) is 89.7 Å². The summed E-state index contributed by atoms with van der Waals surface area (Å²) in [7, 11) is -4.08. The summed E-state index contributed by atoms with van der Waals surface area (Å²) in [6, 6.07) is 17.8. The first-order chi connectivity index (χ1) is 16.5. The van der Waals surface area contributed by atoms with Crippen LogP contribution in [0.3, 0.4) is 0 Å². The molecule has 3 rings (SSSR count). The maximum atomic E-state index is 14.2. The Morgan fingerprint density at radius 3 is 2.17 bits per heavy atom. The molecule has 0 atom stereocenters. The molecule has 2 amide bonds. The van der Waals surface area contributed by atoms with Gasteiger partial charge in [-0.3, -0.25) is 9.59 Å². The molecular weight excluding hydrogens is 471 g/mol. The zero-order chi connectivity index (χ0) is 25.6. The Hall–Kier alpha value is -3.72. The van der Waals surface area contributed by atoms with E-state index in [0.717, 1.165) is 5.56 Å². The number of hydrogen-bond donors (Lipinski definition) is 1. The quantitative estimate of drug-likeness (QED) is 0.426. The van der Waals surface area contributed by atoms with Gasteiger partial charge >= 0.3 is 10.1 Å². The van der Waals surface area contributed by atoms with Crippen molar-refractivity contribution in [2.24, 2.45) is 5.92 Å². The lowest BCUT2D eigenvalue weighted by atomic mass is 10.1. The standard InChI is InChI=1S/C26H27FN2O5S/c1-18(2)16-29(26(31)24-6-4-5-7-25(24)27)17-20-8-12-22(13-9-20)34-35(32,33)23-14-10-21(11-15-23)28-19(3)30/h4-15,18H,16-17H2,1-3H3,(H,28,30). The molecule has 0 aromatic heterocycles. The predicted octanol–water partition coefficient (Wildman–Crippen LogP) is 4.85. The van der Waals surface area contributed by atoms with Gasteiger partial charge in [-0.25, -0.2) is 4.39 Å². The van der Waals surface area contributed by atoms with E-state index in [1.807, 2.05) is 13.8 Å². The average molecular weight is 499 g/mol. The van der Waals surface area contributed by atoms with E-state index in [1.54, 1.807) is 23.1 Å². The summed E-state index contributed by atoms with van der Waals surface area (Å²) in [6.45, 7) is 5.94. The van der Waals surface area contributed by atoms with Crippen LogP contribution in [0.1, 0.15) is 36.7 Å². The molecule has 0 aliphatic rings. The van der Waals surface area contributed by atoms with Gasteiger partial charge in [0.05, 0.1) is 5.56 Å². The van der Waals surface area contributed by atoms with E-state index in [1.165, 1.54) is 61.5 Å². The number of hydrogen-bond acceptors (Lipinski definition) is 5. The number of rotatable bonds is 9. The Labute approximate surface area is 204 Å². The molecule has 0 heterocycles. The van der Waals surface area contributed by atoms with Gasteiger partial charge in [-0.1, -0.05) is 38.1 Å². The Morgan fingerprint density at radius 2 is 1.60 bits per heavy atom. The molecule has 3 aromatic carbocycles. The maximum absolute atomic E-state index is 14.2. The van der Waals surface area contributed by atoms with E-state index in [2.05, 4.69) is 5.32 Å². The van der Waals surface area contributed by atoms with Gasteiger partial charge in [-0.15, -0.1) is 0 Å². The molecule has 0 aliphatic carbocycles. The van der Waals surface area contributed by atoms with Crippen LogP contribution in [0.15, 0.2) is 77.7 Å². The van der Waals surface area contributed by atoms with E-state index < -0.39 is 21.8 Å². The van der Waals surface area contributed by atoms with Gasteiger partial charge in [0.1, 0.15) is 16.5 Å². The zero-order valence-electron chi connectivity index (χ0n) is 19.7. The first-order valence-corrected chi connectivity index (χ1v) is 12.4. The monoisotopic (exact) mass is 498 g/mol. The van der Waals surface area contributed by atoms with Gasteiger partial charge in [0.25, 0.3) is 5.91 Å². The van der Waals surface area contributed by atoms with Gasteiger partial charge < -0.3 is 14.4 Å². The van der Waals surface area contributed by atoms with E-state index in [9.17, 15) is 22.4 Å². The Bertz CT molecular complexity index is 1290. The van der Waals surface area contributed by atoms with E-state index in [4.69, 9.17) is 4.18 Å². The normalized spacial score (nSPS) is 11.2. The molecule has 0 spiro atoms. The van der Waals surface area contributed by atoms with Crippen LogP contribution in [0.4, 0.5) is 10.1 Å². The number of amides is 2. The largest absolute Gasteiger partial charge is 0.379 e. The molecule has 0 saturated heterocycles. The fraction of sp³-hybridized carbons (Fsp3) is 0.231. The molecule has 0 unspecified atom stereocenters. The van der Waals surface area contributed by atoms with Crippen molar-refractivity contribution < 1.29 is 26.6 Å². The van der Waals surface area contributed by atoms with Gasteiger partial charge in [0, 0.05) is 25.7 Å². The van der Waals surface area contributed by atoms with Gasteiger partial charge in [0.15, 0.2) is 0 Å². The molecule has 35 heavy (non-hydrogen) atoms. The van der Waals surface area contributed by atoms with Crippen LogP contribution in [0.5, 0.6) is 5.75 Å². The van der Waals surface area contributed by atoms with Crippen LogP contribution < -0.4 is 9.50 Å². The van der Waals surface area contributed by atoms with Crippen LogP contribution in [-0.2, 0) is 21.5 Å². The Kier molecular flexibility index (Phi) is 8.24. The van der Waals surface area contributed by atoms with Crippen molar-refractivity contribution in [2.45, 2.75) is 32.2 Å². The van der Waals surface area contributed by atoms with Gasteiger partial charge in [-0.2, -0.15) is 8.42 Å². The molecular formula is C26H27FN2O5S. The topological polar surface area (TPSA) is 92.8 Å². The predicted molar refractivity (Wildman–Crippen MR) is 131 cm³/mol. The molecule has 3 aromatic rings. The van der Waals surface area contributed by atoms with Crippen LogP contribution in [0.2, 0.25) is 0 Å². The molecule has 0 bridgehead atoms. The second-order valence-electron chi connectivity index (χ2n) is 8.45. The van der Waals surface area contributed by atoms with Crippen molar-refractivity contribution in [1.82, 2.24) is 4.90 Å². The van der Waals surface area contributed by atoms with E-state index in [0.29, 0.717) is 12.2 Å². The summed E-state index contributed by atoms with van der Waals surface area (Å²) in [5.41, 5.74) is 1.21. The number of halogens is 1. The lowest BCUT2D eigenvalue weighted by Crippen LogP contribution is -2.34. The molecule has 1 N–H and O–H groups in total. The molecule has 184 valence electrons. The Balaban J connectivity index is 1.72. The van der Waals surface area contributed by atoms with E-state index >= 15 is 0 Å². The first kappa shape index (κ1) is 25.9. The maximum Gasteiger partial charge on any atom is 0.339 e. The number of carbonyl (C=O) groups excluding carboxylic acids is 2. The summed E-state index contributed by atoms with van der Waals surface area (Å²) in [5.74, 6) is -0.988. The lowest BCUT2D eigenvalue weighted by molar-refractivity contribution is -0.114. The number of anilines is 1. The molecule has 7 nitrogen and oxygen atoms in total. The third kappa shape index (κ3) is 7.13. The minimum absolute atomic E-state index is 0.00344. The van der Waals surface area contributed by atoms with Crippen molar-refractivity contribution in [3.8, 4) is 5.75 Å². The molecule has 0 aliphatic heterocycles. The van der Waals surface area contributed by atoms with Gasteiger partial charge in [0.2, 0.25) is 5.91 Å². The fourth-order valence-corrected chi connectivity index (χ4v) is 4.35. The number of carbonyl (C=O) groups is 2. The molecule has 0 fully saturated rings. The van der Waals surface area contributed by atoms with Crippen LogP contribution in [-0.4, -0.2) is 31.7 Å². The zero-order valence-corrected chi connectivity index (χ0v) is 20.5. The van der Waals surface area contributed by atoms with Crippen molar-refractivity contribution in [1.29, 1.82) is 0 Å². The molecule has 0 saturated carbocycles. The summed E-state index contributed by atoms with van der Waals surface area (Å²) >= 11 is 0. The van der Waals surface area contributed by atoms with Crippen LogP contribution in [0, 0.1) is 11.7 Å². The first-order valence-electron chi connectivity index (χ1n) is 11.0. The second-order valence-corrected chi connectivity index (χ2v) is 9.99. The third-order valence-electron chi connectivity index (χ3n) is 4.94. The molecule has 9 heteroatoms. The van der Waals surface area contributed by atoms with Crippen molar-refractivity contribution in [3.63, 3.8) is 0 Å². The highest BCUT2D eigenvalue weighted by molar-refractivity contribution is 7.87. The molecule has 0 radical (unpaired) electrons. The highest BCUT2D eigenvalue weighted by Gasteiger charge is 2.21.